The molecule has 0 bridgehead atoms. The molecule has 0 spiro atoms. The van der Waals surface area contributed by atoms with E-state index < -0.39 is 36.0 Å². The molecule has 27 heavy (non-hydrogen) atoms. The molecule has 0 saturated carbocycles. The van der Waals surface area contributed by atoms with Crippen LogP contribution >= 0.6 is 0 Å². The first-order valence-corrected chi connectivity index (χ1v) is 9.19. The number of carbonyl (C=O) groups is 1. The van der Waals surface area contributed by atoms with Gasteiger partial charge in [0.05, 0.1) is 26.2 Å². The predicted octanol–water partition coefficient (Wildman–Crippen LogP) is 0.615. The summed E-state index contributed by atoms with van der Waals surface area (Å²) < 4.78 is 39.0. The minimum atomic E-state index is -0.923. The first kappa shape index (κ1) is 22.5. The standard InChI is InChI=1S/C18H32O9/c1-17(2)26-15(12(10-19)22-5)16(27-17)13-11-24-18(3,25-13)7-6-14(20)23-9-8-21-4/h12-13,15-16,19H,6-11H2,1-5H3. The van der Waals surface area contributed by atoms with E-state index in [2.05, 4.69) is 0 Å². The molecule has 158 valence electrons. The zero-order valence-corrected chi connectivity index (χ0v) is 16.8. The van der Waals surface area contributed by atoms with E-state index in [-0.39, 0.29) is 32.2 Å². The monoisotopic (exact) mass is 392 g/mol. The number of aliphatic hydroxyl groups is 1. The second-order valence-electron chi connectivity index (χ2n) is 7.34. The number of aliphatic hydroxyl groups excluding tert-OH is 1. The number of esters is 1. The molecule has 0 aromatic carbocycles. The van der Waals surface area contributed by atoms with Crippen LogP contribution in [0.2, 0.25) is 0 Å². The third-order valence-corrected chi connectivity index (χ3v) is 4.67. The molecule has 1 N–H and O–H groups in total. The van der Waals surface area contributed by atoms with Gasteiger partial charge in [-0.15, -0.1) is 0 Å². The molecule has 9 heteroatoms. The van der Waals surface area contributed by atoms with Crippen LogP contribution < -0.4 is 0 Å². The van der Waals surface area contributed by atoms with Gasteiger partial charge in [-0.05, 0) is 20.8 Å². The van der Waals surface area contributed by atoms with Crippen LogP contribution in [0.1, 0.15) is 33.6 Å². The maximum atomic E-state index is 11.8. The topological polar surface area (TPSA) is 102 Å². The Labute approximate surface area is 160 Å². The van der Waals surface area contributed by atoms with Gasteiger partial charge in [0.15, 0.2) is 11.6 Å². The summed E-state index contributed by atoms with van der Waals surface area (Å²) in [6.07, 6.45) is -1.39. The summed E-state index contributed by atoms with van der Waals surface area (Å²) in [7, 11) is 3.06. The van der Waals surface area contributed by atoms with Crippen molar-refractivity contribution in [2.75, 3.05) is 40.6 Å². The minimum Gasteiger partial charge on any atom is -0.463 e. The van der Waals surface area contributed by atoms with Gasteiger partial charge in [0.1, 0.15) is 31.0 Å². The molecule has 0 amide bonds. The van der Waals surface area contributed by atoms with Crippen LogP contribution in [0.3, 0.4) is 0 Å². The van der Waals surface area contributed by atoms with Gasteiger partial charge in [0.25, 0.3) is 0 Å². The third-order valence-electron chi connectivity index (χ3n) is 4.67. The first-order valence-electron chi connectivity index (χ1n) is 9.19. The molecule has 2 rings (SSSR count). The maximum Gasteiger partial charge on any atom is 0.306 e. The SMILES string of the molecule is COCCOC(=O)CCC1(C)OCC(C2OC(C)(C)OC2C(CO)OC)O1. The lowest BCUT2D eigenvalue weighted by Gasteiger charge is -2.28. The van der Waals surface area contributed by atoms with Crippen LogP contribution in [-0.2, 0) is 38.0 Å². The Morgan fingerprint density at radius 1 is 1.19 bits per heavy atom. The van der Waals surface area contributed by atoms with Gasteiger partial charge < -0.3 is 38.3 Å². The fraction of sp³-hybridized carbons (Fsp3) is 0.944. The Kier molecular flexibility index (Phi) is 7.99. The van der Waals surface area contributed by atoms with Crippen LogP contribution in [0, 0.1) is 0 Å². The van der Waals surface area contributed by atoms with E-state index in [1.54, 1.807) is 27.9 Å². The lowest BCUT2D eigenvalue weighted by atomic mass is 10.0. The van der Waals surface area contributed by atoms with E-state index >= 15 is 0 Å². The molecular weight excluding hydrogens is 360 g/mol. The Morgan fingerprint density at radius 2 is 1.93 bits per heavy atom. The Bertz CT molecular complexity index is 479. The Hall–Kier alpha value is -0.810. The maximum absolute atomic E-state index is 11.8. The number of carbonyl (C=O) groups excluding carboxylic acids is 1. The van der Waals surface area contributed by atoms with Crippen LogP contribution in [0.25, 0.3) is 0 Å². The molecule has 2 fully saturated rings. The zero-order chi connectivity index (χ0) is 20.1. The smallest absolute Gasteiger partial charge is 0.306 e. The third kappa shape index (κ3) is 6.08. The van der Waals surface area contributed by atoms with Crippen LogP contribution in [0.15, 0.2) is 0 Å². The highest BCUT2D eigenvalue weighted by Gasteiger charge is 2.53. The summed E-state index contributed by atoms with van der Waals surface area (Å²) in [5.41, 5.74) is 0. The molecule has 0 aliphatic carbocycles. The highest BCUT2D eigenvalue weighted by atomic mass is 16.8. The molecule has 0 aromatic heterocycles. The van der Waals surface area contributed by atoms with E-state index in [0.717, 1.165) is 0 Å². The number of methoxy groups -OCH3 is 2. The predicted molar refractivity (Wildman–Crippen MR) is 93.0 cm³/mol. The van der Waals surface area contributed by atoms with Gasteiger partial charge in [-0.25, -0.2) is 0 Å². The summed E-state index contributed by atoms with van der Waals surface area (Å²) >= 11 is 0. The molecule has 0 aromatic rings. The van der Waals surface area contributed by atoms with Crippen molar-refractivity contribution < 1.29 is 43.1 Å². The fourth-order valence-electron chi connectivity index (χ4n) is 3.28. The Balaban J connectivity index is 1.91. The average Bonchev–Trinajstić information content (AvgIpc) is 3.15. The highest BCUT2D eigenvalue weighted by molar-refractivity contribution is 5.69. The molecule has 2 aliphatic heterocycles. The first-order chi connectivity index (χ1) is 12.7. The minimum absolute atomic E-state index is 0.168. The van der Waals surface area contributed by atoms with E-state index in [1.165, 1.54) is 7.11 Å². The lowest BCUT2D eigenvalue weighted by Crippen LogP contribution is -2.46. The molecular formula is C18H32O9. The Morgan fingerprint density at radius 3 is 2.56 bits per heavy atom. The van der Waals surface area contributed by atoms with Crippen LogP contribution in [-0.4, -0.2) is 87.7 Å². The van der Waals surface area contributed by atoms with Crippen molar-refractivity contribution in [2.45, 2.75) is 69.6 Å². The van der Waals surface area contributed by atoms with Gasteiger partial charge in [-0.3, -0.25) is 4.79 Å². The summed E-state index contributed by atoms with van der Waals surface area (Å²) in [6, 6.07) is 0. The highest BCUT2D eigenvalue weighted by Crippen LogP contribution is 2.38. The summed E-state index contributed by atoms with van der Waals surface area (Å²) in [4.78, 5) is 11.8. The van der Waals surface area contributed by atoms with Crippen molar-refractivity contribution >= 4 is 5.97 Å². The van der Waals surface area contributed by atoms with E-state index in [9.17, 15) is 9.90 Å². The molecule has 9 nitrogen and oxygen atoms in total. The second-order valence-corrected chi connectivity index (χ2v) is 7.34. The number of ether oxygens (including phenoxy) is 7. The van der Waals surface area contributed by atoms with Crippen molar-refractivity contribution in [2.24, 2.45) is 0 Å². The van der Waals surface area contributed by atoms with Gasteiger partial charge >= 0.3 is 5.97 Å². The second kappa shape index (κ2) is 9.60. The lowest BCUT2D eigenvalue weighted by molar-refractivity contribution is -0.187. The molecule has 5 atom stereocenters. The van der Waals surface area contributed by atoms with Crippen molar-refractivity contribution in [3.05, 3.63) is 0 Å². The largest absolute Gasteiger partial charge is 0.463 e. The summed E-state index contributed by atoms with van der Waals surface area (Å²) in [5, 5.41) is 9.56. The van der Waals surface area contributed by atoms with E-state index in [4.69, 9.17) is 33.2 Å². The van der Waals surface area contributed by atoms with Crippen LogP contribution in [0.5, 0.6) is 0 Å². The molecule has 0 radical (unpaired) electrons. The summed E-state index contributed by atoms with van der Waals surface area (Å²) in [6.45, 7) is 6.06. The van der Waals surface area contributed by atoms with Crippen molar-refractivity contribution in [3.8, 4) is 0 Å². The molecule has 2 heterocycles. The molecule has 5 unspecified atom stereocenters. The number of rotatable bonds is 10. The number of hydrogen-bond acceptors (Lipinski definition) is 9. The number of hydrogen-bond donors (Lipinski definition) is 1. The average molecular weight is 392 g/mol. The van der Waals surface area contributed by atoms with Crippen molar-refractivity contribution in [1.82, 2.24) is 0 Å². The molecule has 2 saturated heterocycles. The van der Waals surface area contributed by atoms with Gasteiger partial charge in [-0.1, -0.05) is 0 Å². The van der Waals surface area contributed by atoms with Crippen LogP contribution in [0.4, 0.5) is 0 Å². The van der Waals surface area contributed by atoms with E-state index in [1.807, 2.05) is 0 Å². The summed E-state index contributed by atoms with van der Waals surface area (Å²) in [5.74, 6) is -2.08. The quantitative estimate of drug-likeness (QED) is 0.423. The van der Waals surface area contributed by atoms with E-state index in [0.29, 0.717) is 13.0 Å². The zero-order valence-electron chi connectivity index (χ0n) is 16.8. The van der Waals surface area contributed by atoms with Crippen molar-refractivity contribution in [3.63, 3.8) is 0 Å². The van der Waals surface area contributed by atoms with Gasteiger partial charge in [0.2, 0.25) is 0 Å². The van der Waals surface area contributed by atoms with Crippen molar-refractivity contribution in [1.29, 1.82) is 0 Å². The van der Waals surface area contributed by atoms with Gasteiger partial charge in [-0.2, -0.15) is 0 Å². The fourth-order valence-corrected chi connectivity index (χ4v) is 3.28. The van der Waals surface area contributed by atoms with Gasteiger partial charge in [0, 0.05) is 20.6 Å². The molecule has 2 aliphatic rings. The normalized spacial score (nSPS) is 33.9.